The first-order valence-corrected chi connectivity index (χ1v) is 6.53. The quantitative estimate of drug-likeness (QED) is 0.488. The van der Waals surface area contributed by atoms with E-state index in [0.717, 1.165) is 52.4 Å². The number of hydrogen-bond donors (Lipinski definition) is 2. The van der Waals surface area contributed by atoms with Crippen LogP contribution >= 0.6 is 0 Å². The van der Waals surface area contributed by atoms with Crippen molar-refractivity contribution in [2.75, 3.05) is 72.5 Å². The number of likely N-dealkylation sites (N-methyl/N-ethyl adjacent to an activating group) is 1. The number of hydrogen-bond acceptors (Lipinski definition) is 5. The molecule has 0 atom stereocenters. The van der Waals surface area contributed by atoms with Crippen molar-refractivity contribution in [3.05, 3.63) is 0 Å². The van der Waals surface area contributed by atoms with Crippen LogP contribution in [0.2, 0.25) is 0 Å². The summed E-state index contributed by atoms with van der Waals surface area (Å²) in [5.41, 5.74) is 5.52. The van der Waals surface area contributed by atoms with Gasteiger partial charge in [0.25, 0.3) is 0 Å². The smallest absolute Gasteiger partial charge is 0.177 e. The zero-order chi connectivity index (χ0) is 12.5. The summed E-state index contributed by atoms with van der Waals surface area (Å²) in [6.07, 6.45) is 0. The highest BCUT2D eigenvalue weighted by molar-refractivity contribution is 6.04. The largest absolute Gasteiger partial charge is 0.365 e. The summed E-state index contributed by atoms with van der Waals surface area (Å²) in [5.74, 6) is 0. The fourth-order valence-corrected chi connectivity index (χ4v) is 2.10. The van der Waals surface area contributed by atoms with Gasteiger partial charge in [0.1, 0.15) is 0 Å². The van der Waals surface area contributed by atoms with Crippen LogP contribution in [0.4, 0.5) is 0 Å². The first-order valence-electron chi connectivity index (χ1n) is 6.53. The van der Waals surface area contributed by atoms with Crippen molar-refractivity contribution < 1.29 is 0 Å². The lowest BCUT2D eigenvalue weighted by Gasteiger charge is -2.35. The SMILES string of the molecule is [B]NCCN1CCN(CCN(C)CCN)CC1. The number of nitrogens with two attached hydrogens (primary N) is 1. The second-order valence-corrected chi connectivity index (χ2v) is 4.73. The van der Waals surface area contributed by atoms with E-state index in [4.69, 9.17) is 13.7 Å². The third-order valence-corrected chi connectivity index (χ3v) is 3.35. The first kappa shape index (κ1) is 14.9. The number of nitrogens with zero attached hydrogens (tertiary/aromatic N) is 3. The zero-order valence-electron chi connectivity index (χ0n) is 11.1. The average Bonchev–Trinajstić information content (AvgIpc) is 2.35. The van der Waals surface area contributed by atoms with E-state index >= 15 is 0 Å². The van der Waals surface area contributed by atoms with Crippen LogP contribution in [-0.4, -0.2) is 95.2 Å². The molecule has 5 nitrogen and oxygen atoms in total. The topological polar surface area (TPSA) is 47.8 Å². The van der Waals surface area contributed by atoms with Crippen LogP contribution < -0.4 is 11.0 Å². The molecule has 17 heavy (non-hydrogen) atoms. The van der Waals surface area contributed by atoms with Crippen molar-refractivity contribution >= 4 is 7.98 Å². The molecule has 0 aliphatic carbocycles. The first-order chi connectivity index (χ1) is 8.26. The molecule has 1 fully saturated rings. The second kappa shape index (κ2) is 8.88. The fourth-order valence-electron chi connectivity index (χ4n) is 2.10. The third kappa shape index (κ3) is 6.38. The van der Waals surface area contributed by atoms with E-state index in [1.165, 1.54) is 13.1 Å². The molecule has 0 aromatic carbocycles. The van der Waals surface area contributed by atoms with Gasteiger partial charge in [0.2, 0.25) is 0 Å². The molecule has 0 bridgehead atoms. The molecule has 0 amide bonds. The fraction of sp³-hybridized carbons (Fsp3) is 1.00. The van der Waals surface area contributed by atoms with Crippen molar-refractivity contribution in [3.63, 3.8) is 0 Å². The molecular weight excluding hydrogens is 213 g/mol. The third-order valence-electron chi connectivity index (χ3n) is 3.35. The van der Waals surface area contributed by atoms with Crippen molar-refractivity contribution in [2.45, 2.75) is 0 Å². The van der Waals surface area contributed by atoms with E-state index in [-0.39, 0.29) is 0 Å². The molecule has 3 N–H and O–H groups in total. The Kier molecular flexibility index (Phi) is 7.80. The van der Waals surface area contributed by atoms with Gasteiger partial charge in [-0.05, 0) is 13.6 Å². The molecular formula is C11H26BN5. The van der Waals surface area contributed by atoms with Gasteiger partial charge >= 0.3 is 0 Å². The zero-order valence-corrected chi connectivity index (χ0v) is 11.1. The Morgan fingerprint density at radius 2 is 1.71 bits per heavy atom. The van der Waals surface area contributed by atoms with E-state index in [1.54, 1.807) is 0 Å². The van der Waals surface area contributed by atoms with Gasteiger partial charge in [-0.3, -0.25) is 9.80 Å². The predicted molar refractivity (Wildman–Crippen MR) is 73.2 cm³/mol. The van der Waals surface area contributed by atoms with Crippen molar-refractivity contribution in [2.24, 2.45) is 5.73 Å². The molecule has 0 saturated carbocycles. The Labute approximate surface area is 107 Å². The highest BCUT2D eigenvalue weighted by Crippen LogP contribution is 2.00. The summed E-state index contributed by atoms with van der Waals surface area (Å²) in [7, 11) is 7.41. The lowest BCUT2D eigenvalue weighted by atomic mass is 10.3. The Hall–Kier alpha value is -0.135. The van der Waals surface area contributed by atoms with Gasteiger partial charge in [-0.15, -0.1) is 0 Å². The monoisotopic (exact) mass is 239 g/mol. The summed E-state index contributed by atoms with van der Waals surface area (Å²) in [6.45, 7) is 10.6. The van der Waals surface area contributed by atoms with Crippen molar-refractivity contribution in [1.82, 2.24) is 19.9 Å². The van der Waals surface area contributed by atoms with Gasteiger partial charge < -0.3 is 15.9 Å². The van der Waals surface area contributed by atoms with Crippen LogP contribution in [0.25, 0.3) is 0 Å². The Morgan fingerprint density at radius 1 is 1.12 bits per heavy atom. The van der Waals surface area contributed by atoms with Crippen LogP contribution in [-0.2, 0) is 0 Å². The minimum absolute atomic E-state index is 0.746. The highest BCUT2D eigenvalue weighted by Gasteiger charge is 2.15. The van der Waals surface area contributed by atoms with Crippen LogP contribution in [0.5, 0.6) is 0 Å². The predicted octanol–water partition coefficient (Wildman–Crippen LogP) is -1.83. The molecule has 1 rings (SSSR count). The van der Waals surface area contributed by atoms with Crippen LogP contribution in [0.15, 0.2) is 0 Å². The van der Waals surface area contributed by atoms with Gasteiger partial charge in [-0.2, -0.15) is 0 Å². The molecule has 0 spiro atoms. The van der Waals surface area contributed by atoms with E-state index in [9.17, 15) is 0 Å². The van der Waals surface area contributed by atoms with Crippen LogP contribution in [0.1, 0.15) is 0 Å². The molecule has 2 radical (unpaired) electrons. The van der Waals surface area contributed by atoms with Crippen molar-refractivity contribution in [3.8, 4) is 0 Å². The minimum atomic E-state index is 0.746. The van der Waals surface area contributed by atoms with Crippen LogP contribution in [0.3, 0.4) is 0 Å². The Bertz CT molecular complexity index is 185. The number of piperazine rings is 1. The summed E-state index contributed by atoms with van der Waals surface area (Å²) in [4.78, 5) is 7.28. The second-order valence-electron chi connectivity index (χ2n) is 4.73. The lowest BCUT2D eigenvalue weighted by molar-refractivity contribution is 0.124. The molecule has 0 aromatic heterocycles. The summed E-state index contributed by atoms with van der Waals surface area (Å²) in [5, 5.41) is 2.71. The highest BCUT2D eigenvalue weighted by atomic mass is 15.3. The molecule has 1 heterocycles. The summed E-state index contributed by atoms with van der Waals surface area (Å²) >= 11 is 0. The maximum Gasteiger partial charge on any atom is 0.177 e. The average molecular weight is 239 g/mol. The van der Waals surface area contributed by atoms with Gasteiger partial charge in [0.15, 0.2) is 7.98 Å². The lowest BCUT2D eigenvalue weighted by Crippen LogP contribution is -2.49. The standard InChI is InChI=1S/C11H26BN5/c1-15(4-2-13)6-7-17-10-8-16(9-11-17)5-3-14-12/h14H,2-11,13H2,1H3. The Balaban J connectivity index is 2.06. The van der Waals surface area contributed by atoms with E-state index < -0.39 is 0 Å². The number of rotatable bonds is 8. The maximum atomic E-state index is 5.52. The molecule has 1 aliphatic rings. The number of nitrogens with one attached hydrogen (secondary N) is 1. The maximum absolute atomic E-state index is 5.52. The Morgan fingerprint density at radius 3 is 2.24 bits per heavy atom. The minimum Gasteiger partial charge on any atom is -0.365 e. The van der Waals surface area contributed by atoms with E-state index in [0.29, 0.717) is 0 Å². The molecule has 1 aliphatic heterocycles. The summed E-state index contributed by atoms with van der Waals surface area (Å²) in [6, 6.07) is 0. The molecule has 1 saturated heterocycles. The van der Waals surface area contributed by atoms with Crippen LogP contribution in [0, 0.1) is 0 Å². The van der Waals surface area contributed by atoms with E-state index in [2.05, 4.69) is 27.0 Å². The van der Waals surface area contributed by atoms with Gasteiger partial charge in [-0.1, -0.05) is 0 Å². The molecule has 0 unspecified atom stereocenters. The normalized spacial score (nSPS) is 19.0. The van der Waals surface area contributed by atoms with Gasteiger partial charge in [-0.25, -0.2) is 0 Å². The molecule has 6 heteroatoms. The molecule has 0 aromatic rings. The molecule has 98 valence electrons. The van der Waals surface area contributed by atoms with Gasteiger partial charge in [0.05, 0.1) is 0 Å². The van der Waals surface area contributed by atoms with Gasteiger partial charge in [0, 0.05) is 58.9 Å². The van der Waals surface area contributed by atoms with Crippen molar-refractivity contribution in [1.29, 1.82) is 0 Å². The summed E-state index contributed by atoms with van der Waals surface area (Å²) < 4.78 is 0. The van der Waals surface area contributed by atoms with E-state index in [1.807, 2.05) is 0 Å².